The van der Waals surface area contributed by atoms with Crippen LogP contribution in [0.5, 0.6) is 0 Å². The molecule has 4 heterocycles. The van der Waals surface area contributed by atoms with Crippen LogP contribution in [-0.2, 0) is 16.9 Å². The molecule has 7 nitrogen and oxygen atoms in total. The lowest BCUT2D eigenvalue weighted by Gasteiger charge is -2.56. The van der Waals surface area contributed by atoms with E-state index < -0.39 is 9.84 Å². The second kappa shape index (κ2) is 9.20. The van der Waals surface area contributed by atoms with Crippen LogP contribution in [0.4, 0.5) is 5.69 Å². The minimum absolute atomic E-state index is 0.300. The summed E-state index contributed by atoms with van der Waals surface area (Å²) in [6.45, 7) is 9.35. The van der Waals surface area contributed by atoms with E-state index in [2.05, 4.69) is 47.9 Å². The quantitative estimate of drug-likeness (QED) is 0.362. The Morgan fingerprint density at radius 1 is 0.842 bits per heavy atom. The number of aromatic nitrogens is 3. The van der Waals surface area contributed by atoms with Crippen molar-refractivity contribution in [1.29, 1.82) is 0 Å². The molecule has 0 saturated carbocycles. The van der Waals surface area contributed by atoms with Gasteiger partial charge in [0.05, 0.1) is 10.6 Å². The number of benzene rings is 2. The average Bonchev–Trinajstić information content (AvgIpc) is 3.22. The fraction of sp³-hybridized carbons (Fsp3) is 0.400. The van der Waals surface area contributed by atoms with Crippen LogP contribution in [0.15, 0.2) is 65.6 Å². The number of aryl methyl sites for hydroxylation is 1. The molecule has 0 aliphatic carbocycles. The van der Waals surface area contributed by atoms with Crippen molar-refractivity contribution in [1.82, 2.24) is 19.4 Å². The summed E-state index contributed by atoms with van der Waals surface area (Å²) in [4.78, 5) is 15.1. The zero-order valence-corrected chi connectivity index (χ0v) is 23.4. The Kier molecular flexibility index (Phi) is 6.07. The Morgan fingerprint density at radius 3 is 2.08 bits per heavy atom. The van der Waals surface area contributed by atoms with E-state index in [1.807, 2.05) is 23.7 Å². The van der Waals surface area contributed by atoms with E-state index in [0.717, 1.165) is 46.9 Å². The number of piperidine rings is 1. The molecule has 2 aromatic heterocycles. The molecule has 198 valence electrons. The molecule has 0 amide bonds. The van der Waals surface area contributed by atoms with Gasteiger partial charge in [0.1, 0.15) is 11.3 Å². The van der Waals surface area contributed by atoms with E-state index >= 15 is 0 Å². The molecule has 0 N–H and O–H groups in total. The van der Waals surface area contributed by atoms with Gasteiger partial charge in [-0.15, -0.1) is 0 Å². The van der Waals surface area contributed by atoms with Crippen molar-refractivity contribution in [2.75, 3.05) is 37.3 Å². The lowest BCUT2D eigenvalue weighted by atomic mass is 9.71. The zero-order valence-electron chi connectivity index (χ0n) is 22.6. The number of nitrogens with zero attached hydrogens (tertiary/aromatic N) is 5. The van der Waals surface area contributed by atoms with Crippen LogP contribution in [0.25, 0.3) is 33.8 Å². The van der Waals surface area contributed by atoms with Gasteiger partial charge in [-0.25, -0.2) is 18.4 Å². The van der Waals surface area contributed by atoms with Crippen LogP contribution in [0.1, 0.15) is 26.7 Å². The van der Waals surface area contributed by atoms with E-state index in [-0.39, 0.29) is 0 Å². The molecule has 4 aromatic rings. The monoisotopic (exact) mass is 529 g/mol. The maximum Gasteiger partial charge on any atom is 0.175 e. The molecule has 0 radical (unpaired) electrons. The Hall–Kier alpha value is -3.23. The van der Waals surface area contributed by atoms with Crippen molar-refractivity contribution in [3.05, 3.63) is 60.7 Å². The van der Waals surface area contributed by atoms with Gasteiger partial charge in [0.2, 0.25) is 0 Å². The number of pyridine rings is 1. The molecule has 2 aliphatic heterocycles. The van der Waals surface area contributed by atoms with Crippen LogP contribution in [0.3, 0.4) is 0 Å². The molecule has 2 aliphatic rings. The predicted molar refractivity (Wildman–Crippen MR) is 153 cm³/mol. The van der Waals surface area contributed by atoms with Crippen molar-refractivity contribution in [3.8, 4) is 22.6 Å². The summed E-state index contributed by atoms with van der Waals surface area (Å²) >= 11 is 0. The summed E-state index contributed by atoms with van der Waals surface area (Å²) in [6.07, 6.45) is 3.76. The fourth-order valence-electron chi connectivity index (χ4n) is 5.91. The van der Waals surface area contributed by atoms with Gasteiger partial charge < -0.3 is 9.47 Å². The third-order valence-electron chi connectivity index (χ3n) is 8.42. The summed E-state index contributed by atoms with van der Waals surface area (Å²) in [5.41, 5.74) is 6.27. The molecule has 0 bridgehead atoms. The Bertz CT molecular complexity index is 1570. The van der Waals surface area contributed by atoms with Gasteiger partial charge in [0, 0.05) is 62.3 Å². The number of hydrogen-bond donors (Lipinski definition) is 0. The topological polar surface area (TPSA) is 71.3 Å². The van der Waals surface area contributed by atoms with Crippen molar-refractivity contribution in [2.45, 2.75) is 37.6 Å². The predicted octanol–water partition coefficient (Wildman–Crippen LogP) is 5.02. The normalized spacial score (nSPS) is 17.9. The number of fused-ring (bicyclic) bond motifs is 1. The summed E-state index contributed by atoms with van der Waals surface area (Å²) in [7, 11) is -1.29. The molecule has 2 saturated heterocycles. The third kappa shape index (κ3) is 4.50. The SMILES string of the molecule is CC(C)N1CC2(CCN(c3ccc(-c4ccc5nc(-c6ccc(S(C)(=O)=O)cc6)n(C)c5n4)cc3)CC2)C1. The van der Waals surface area contributed by atoms with Gasteiger partial charge in [-0.3, -0.25) is 4.90 Å². The van der Waals surface area contributed by atoms with Crippen LogP contribution in [0.2, 0.25) is 0 Å². The first-order chi connectivity index (χ1) is 18.1. The molecule has 2 fully saturated rings. The Labute approximate surface area is 225 Å². The third-order valence-corrected chi connectivity index (χ3v) is 9.55. The highest BCUT2D eigenvalue weighted by Gasteiger charge is 2.45. The molecule has 1 spiro atoms. The van der Waals surface area contributed by atoms with Crippen LogP contribution in [0, 0.1) is 5.41 Å². The van der Waals surface area contributed by atoms with E-state index in [0.29, 0.717) is 16.4 Å². The average molecular weight is 530 g/mol. The molecule has 2 aromatic carbocycles. The number of imidazole rings is 1. The number of likely N-dealkylation sites (tertiary alicyclic amines) is 1. The lowest BCUT2D eigenvalue weighted by molar-refractivity contribution is -0.0380. The maximum atomic E-state index is 11.8. The standard InChI is InChI=1S/C30H35N5O2S/c1-21(2)35-19-30(20-35)15-17-34(18-16-30)24-9-5-22(6-10-24)26-13-14-27-29(31-26)33(3)28(32-27)23-7-11-25(12-8-23)38(4,36)37/h5-14,21H,15-20H2,1-4H3. The summed E-state index contributed by atoms with van der Waals surface area (Å²) in [6, 6.07) is 20.3. The summed E-state index contributed by atoms with van der Waals surface area (Å²) in [5.74, 6) is 0.755. The van der Waals surface area contributed by atoms with Crippen molar-refractivity contribution in [3.63, 3.8) is 0 Å². The smallest absolute Gasteiger partial charge is 0.175 e. The van der Waals surface area contributed by atoms with Crippen LogP contribution < -0.4 is 4.90 Å². The van der Waals surface area contributed by atoms with E-state index in [4.69, 9.17) is 9.97 Å². The van der Waals surface area contributed by atoms with Gasteiger partial charge in [0.25, 0.3) is 0 Å². The molecule has 0 unspecified atom stereocenters. The van der Waals surface area contributed by atoms with Crippen LogP contribution in [-0.4, -0.2) is 66.3 Å². The molecule has 6 rings (SSSR count). The fourth-order valence-corrected chi connectivity index (χ4v) is 6.54. The van der Waals surface area contributed by atoms with Gasteiger partial charge in [-0.1, -0.05) is 12.1 Å². The second-order valence-electron chi connectivity index (χ2n) is 11.4. The Morgan fingerprint density at radius 2 is 1.47 bits per heavy atom. The lowest BCUT2D eigenvalue weighted by Crippen LogP contribution is -2.62. The number of anilines is 1. The van der Waals surface area contributed by atoms with Crippen molar-refractivity contribution in [2.24, 2.45) is 12.5 Å². The number of hydrogen-bond acceptors (Lipinski definition) is 6. The minimum atomic E-state index is -3.24. The Balaban J connectivity index is 1.18. The van der Waals surface area contributed by atoms with Gasteiger partial charge in [0.15, 0.2) is 15.5 Å². The van der Waals surface area contributed by atoms with E-state index in [1.165, 1.54) is 37.9 Å². The maximum absolute atomic E-state index is 11.8. The highest BCUT2D eigenvalue weighted by atomic mass is 32.2. The second-order valence-corrected chi connectivity index (χ2v) is 13.4. The molecular formula is C30H35N5O2S. The summed E-state index contributed by atoms with van der Waals surface area (Å²) < 4.78 is 25.6. The van der Waals surface area contributed by atoms with Gasteiger partial charge in [-0.2, -0.15) is 0 Å². The highest BCUT2D eigenvalue weighted by Crippen LogP contribution is 2.42. The minimum Gasteiger partial charge on any atom is -0.371 e. The first-order valence-electron chi connectivity index (χ1n) is 13.4. The zero-order chi connectivity index (χ0) is 26.7. The molecule has 8 heteroatoms. The van der Waals surface area contributed by atoms with Gasteiger partial charge in [-0.05, 0) is 80.6 Å². The largest absolute Gasteiger partial charge is 0.371 e. The first kappa shape index (κ1) is 25.1. The molecule has 38 heavy (non-hydrogen) atoms. The molecule has 0 atom stereocenters. The number of sulfone groups is 1. The first-order valence-corrected chi connectivity index (χ1v) is 15.2. The summed E-state index contributed by atoms with van der Waals surface area (Å²) in [5, 5.41) is 0. The van der Waals surface area contributed by atoms with E-state index in [1.54, 1.807) is 24.3 Å². The highest BCUT2D eigenvalue weighted by molar-refractivity contribution is 7.90. The van der Waals surface area contributed by atoms with Crippen molar-refractivity contribution >= 4 is 26.7 Å². The number of rotatable bonds is 5. The van der Waals surface area contributed by atoms with Crippen LogP contribution >= 0.6 is 0 Å². The van der Waals surface area contributed by atoms with E-state index in [9.17, 15) is 8.42 Å². The van der Waals surface area contributed by atoms with Crippen molar-refractivity contribution < 1.29 is 8.42 Å². The van der Waals surface area contributed by atoms with Gasteiger partial charge >= 0.3 is 0 Å². The molecular weight excluding hydrogens is 494 g/mol.